The standard InChI is InChI=1S/C14H16BrNO5S/c15-11-3-1-2-9(6-11)12(7-13(17)18)16-14(19)10-4-5-22(20,21)8-10/h1-3,6,10,12H,4-5,7-8H2,(H,16,19)(H,17,18)/t10-,12-/m1/s1. The van der Waals surface area contributed by atoms with E-state index in [1.165, 1.54) is 0 Å². The molecule has 1 aromatic carbocycles. The summed E-state index contributed by atoms with van der Waals surface area (Å²) in [6.45, 7) is 0. The highest BCUT2D eigenvalue weighted by molar-refractivity contribution is 9.10. The fourth-order valence-corrected chi connectivity index (χ4v) is 4.60. The lowest BCUT2D eigenvalue weighted by Crippen LogP contribution is -2.35. The molecule has 1 aliphatic rings. The van der Waals surface area contributed by atoms with Crippen molar-refractivity contribution in [2.45, 2.75) is 18.9 Å². The summed E-state index contributed by atoms with van der Waals surface area (Å²) in [4.78, 5) is 23.2. The largest absolute Gasteiger partial charge is 0.481 e. The number of halogens is 1. The van der Waals surface area contributed by atoms with E-state index in [0.717, 1.165) is 4.47 Å². The summed E-state index contributed by atoms with van der Waals surface area (Å²) >= 11 is 3.30. The molecule has 1 fully saturated rings. The minimum atomic E-state index is -3.16. The van der Waals surface area contributed by atoms with Gasteiger partial charge >= 0.3 is 5.97 Å². The molecule has 2 rings (SSSR count). The highest BCUT2D eigenvalue weighted by Crippen LogP contribution is 2.24. The predicted octanol–water partition coefficient (Wildman–Crippen LogP) is 1.52. The first kappa shape index (κ1) is 17.0. The van der Waals surface area contributed by atoms with Crippen LogP contribution >= 0.6 is 15.9 Å². The monoisotopic (exact) mass is 389 g/mol. The first-order valence-corrected chi connectivity index (χ1v) is 9.36. The van der Waals surface area contributed by atoms with Crippen LogP contribution in [-0.2, 0) is 19.4 Å². The van der Waals surface area contributed by atoms with Gasteiger partial charge in [0.2, 0.25) is 5.91 Å². The summed E-state index contributed by atoms with van der Waals surface area (Å²) in [6.07, 6.45) is 0.0219. The number of hydrogen-bond donors (Lipinski definition) is 2. The molecule has 22 heavy (non-hydrogen) atoms. The van der Waals surface area contributed by atoms with Gasteiger partial charge in [0.25, 0.3) is 0 Å². The Bertz CT molecular complexity index is 688. The lowest BCUT2D eigenvalue weighted by atomic mass is 10.0. The summed E-state index contributed by atoms with van der Waals surface area (Å²) in [5.74, 6) is -2.21. The number of amides is 1. The van der Waals surface area contributed by atoms with Gasteiger partial charge < -0.3 is 10.4 Å². The molecular formula is C14H16BrNO5S. The zero-order chi connectivity index (χ0) is 16.3. The highest BCUT2D eigenvalue weighted by atomic mass is 79.9. The number of sulfone groups is 1. The zero-order valence-corrected chi connectivity index (χ0v) is 14.1. The molecule has 0 radical (unpaired) electrons. The molecule has 8 heteroatoms. The fraction of sp³-hybridized carbons (Fsp3) is 0.429. The van der Waals surface area contributed by atoms with Crippen LogP contribution in [0.5, 0.6) is 0 Å². The van der Waals surface area contributed by atoms with E-state index in [4.69, 9.17) is 5.11 Å². The van der Waals surface area contributed by atoms with E-state index < -0.39 is 33.7 Å². The van der Waals surface area contributed by atoms with Gasteiger partial charge in [0.05, 0.1) is 29.9 Å². The Balaban J connectivity index is 2.13. The van der Waals surface area contributed by atoms with Gasteiger partial charge in [0.1, 0.15) is 0 Å². The van der Waals surface area contributed by atoms with Gasteiger partial charge in [-0.3, -0.25) is 9.59 Å². The van der Waals surface area contributed by atoms with Crippen LogP contribution in [-0.4, -0.2) is 36.9 Å². The molecule has 0 aliphatic carbocycles. The topological polar surface area (TPSA) is 101 Å². The van der Waals surface area contributed by atoms with Crippen LogP contribution in [0, 0.1) is 5.92 Å². The number of rotatable bonds is 5. The molecule has 0 aromatic heterocycles. The Morgan fingerprint density at radius 2 is 2.14 bits per heavy atom. The normalized spacial score (nSPS) is 21.2. The van der Waals surface area contributed by atoms with Crippen molar-refractivity contribution in [1.29, 1.82) is 0 Å². The van der Waals surface area contributed by atoms with Gasteiger partial charge in [-0.1, -0.05) is 28.1 Å². The van der Waals surface area contributed by atoms with E-state index in [2.05, 4.69) is 21.2 Å². The van der Waals surface area contributed by atoms with Gasteiger partial charge in [-0.25, -0.2) is 8.42 Å². The second-order valence-corrected chi connectivity index (χ2v) is 8.46. The average Bonchev–Trinajstić information content (AvgIpc) is 2.78. The molecule has 6 nitrogen and oxygen atoms in total. The molecule has 1 amide bonds. The van der Waals surface area contributed by atoms with Crippen LogP contribution < -0.4 is 5.32 Å². The highest BCUT2D eigenvalue weighted by Gasteiger charge is 2.34. The van der Waals surface area contributed by atoms with Crippen molar-refractivity contribution >= 4 is 37.6 Å². The number of carboxylic acid groups (broad SMARTS) is 1. The molecule has 120 valence electrons. The lowest BCUT2D eigenvalue weighted by Gasteiger charge is -2.19. The van der Waals surface area contributed by atoms with Gasteiger partial charge in [-0.2, -0.15) is 0 Å². The Hall–Kier alpha value is -1.41. The van der Waals surface area contributed by atoms with Crippen LogP contribution in [0.15, 0.2) is 28.7 Å². The number of hydrogen-bond acceptors (Lipinski definition) is 4. The number of carboxylic acids is 1. The first-order valence-electron chi connectivity index (χ1n) is 6.75. The molecule has 0 unspecified atom stereocenters. The van der Waals surface area contributed by atoms with E-state index >= 15 is 0 Å². The molecule has 2 atom stereocenters. The van der Waals surface area contributed by atoms with Gasteiger partial charge in [-0.15, -0.1) is 0 Å². The van der Waals surface area contributed by atoms with Crippen molar-refractivity contribution in [3.05, 3.63) is 34.3 Å². The molecule has 0 bridgehead atoms. The Morgan fingerprint density at radius 3 is 2.68 bits per heavy atom. The summed E-state index contributed by atoms with van der Waals surface area (Å²) < 4.78 is 23.7. The van der Waals surface area contributed by atoms with E-state index in [0.29, 0.717) is 5.56 Å². The van der Waals surface area contributed by atoms with Crippen LogP contribution in [0.3, 0.4) is 0 Å². The minimum absolute atomic E-state index is 0.00552. The molecule has 1 heterocycles. The molecule has 2 N–H and O–H groups in total. The fourth-order valence-electron chi connectivity index (χ4n) is 2.44. The third-order valence-corrected chi connectivity index (χ3v) is 5.81. The van der Waals surface area contributed by atoms with Crippen molar-refractivity contribution < 1.29 is 23.1 Å². The Kier molecular flexibility index (Phi) is 5.23. The number of benzene rings is 1. The molecule has 1 aromatic rings. The predicted molar refractivity (Wildman–Crippen MR) is 84.0 cm³/mol. The van der Waals surface area contributed by atoms with Crippen LogP contribution in [0.25, 0.3) is 0 Å². The third kappa shape index (κ3) is 4.54. The molecule has 1 saturated heterocycles. The van der Waals surface area contributed by atoms with Crippen molar-refractivity contribution in [3.8, 4) is 0 Å². The molecule has 1 aliphatic heterocycles. The van der Waals surface area contributed by atoms with Crippen molar-refractivity contribution in [2.24, 2.45) is 5.92 Å². The van der Waals surface area contributed by atoms with Crippen molar-refractivity contribution in [3.63, 3.8) is 0 Å². The zero-order valence-electron chi connectivity index (χ0n) is 11.7. The summed E-state index contributed by atoms with van der Waals surface area (Å²) in [7, 11) is -3.16. The second kappa shape index (κ2) is 6.78. The van der Waals surface area contributed by atoms with Crippen LogP contribution in [0.4, 0.5) is 0 Å². The smallest absolute Gasteiger partial charge is 0.305 e. The summed E-state index contributed by atoms with van der Waals surface area (Å²) in [6, 6.07) is 6.32. The molecular weight excluding hydrogens is 374 g/mol. The Labute approximate surface area is 137 Å². The van der Waals surface area contributed by atoms with Crippen molar-refractivity contribution in [2.75, 3.05) is 11.5 Å². The van der Waals surface area contributed by atoms with Crippen LogP contribution in [0.2, 0.25) is 0 Å². The van der Waals surface area contributed by atoms with Gasteiger partial charge in [-0.05, 0) is 24.1 Å². The first-order chi connectivity index (χ1) is 10.3. The van der Waals surface area contributed by atoms with Crippen molar-refractivity contribution in [1.82, 2.24) is 5.32 Å². The maximum absolute atomic E-state index is 12.2. The lowest BCUT2D eigenvalue weighted by molar-refractivity contribution is -0.137. The van der Waals surface area contributed by atoms with Gasteiger partial charge in [0.15, 0.2) is 9.84 Å². The summed E-state index contributed by atoms with van der Waals surface area (Å²) in [5.41, 5.74) is 0.658. The maximum atomic E-state index is 12.2. The second-order valence-electron chi connectivity index (χ2n) is 5.31. The van der Waals surface area contributed by atoms with Gasteiger partial charge in [0, 0.05) is 4.47 Å². The van der Waals surface area contributed by atoms with E-state index in [9.17, 15) is 18.0 Å². The number of carbonyl (C=O) groups excluding carboxylic acids is 1. The SMILES string of the molecule is O=C(O)C[C@@H](NC(=O)[C@@H]1CCS(=O)(=O)C1)c1cccc(Br)c1. The number of carbonyl (C=O) groups is 2. The van der Waals surface area contributed by atoms with E-state index in [1.54, 1.807) is 24.3 Å². The Morgan fingerprint density at radius 1 is 1.41 bits per heavy atom. The quantitative estimate of drug-likeness (QED) is 0.794. The third-order valence-electron chi connectivity index (χ3n) is 3.55. The minimum Gasteiger partial charge on any atom is -0.481 e. The number of nitrogens with one attached hydrogen (secondary N) is 1. The maximum Gasteiger partial charge on any atom is 0.305 e. The summed E-state index contributed by atoms with van der Waals surface area (Å²) in [5, 5.41) is 11.7. The van der Waals surface area contributed by atoms with E-state index in [1.807, 2.05) is 0 Å². The van der Waals surface area contributed by atoms with Crippen LogP contribution in [0.1, 0.15) is 24.4 Å². The average molecular weight is 390 g/mol. The van der Waals surface area contributed by atoms with E-state index in [-0.39, 0.29) is 24.3 Å². The molecule has 0 saturated carbocycles. The molecule has 0 spiro atoms. The number of aliphatic carboxylic acids is 1.